The molecule has 84 valence electrons. The summed E-state index contributed by atoms with van der Waals surface area (Å²) in [5.41, 5.74) is 0.905. The van der Waals surface area contributed by atoms with E-state index in [4.69, 9.17) is 22.0 Å². The van der Waals surface area contributed by atoms with E-state index in [2.05, 4.69) is 5.32 Å². The Morgan fingerprint density at radius 3 is 2.88 bits per heavy atom. The molecule has 0 aromatic heterocycles. The zero-order valence-corrected chi connectivity index (χ0v) is 9.45. The number of anilines is 1. The maximum Gasteiger partial charge on any atom is 0.326 e. The van der Waals surface area contributed by atoms with Crippen LogP contribution >= 0.6 is 11.6 Å². The Labute approximate surface area is 98.5 Å². The SMILES string of the molecule is CCC(Nc1ccc(Cl)c(C#N)c1)C(=O)O. The minimum Gasteiger partial charge on any atom is -0.480 e. The lowest BCUT2D eigenvalue weighted by atomic mass is 10.1. The molecule has 0 saturated heterocycles. The molecular weight excluding hydrogens is 228 g/mol. The number of hydrogen-bond acceptors (Lipinski definition) is 3. The van der Waals surface area contributed by atoms with Crippen molar-refractivity contribution in [3.8, 4) is 6.07 Å². The monoisotopic (exact) mass is 238 g/mol. The van der Waals surface area contributed by atoms with Crippen molar-refractivity contribution < 1.29 is 9.90 Å². The molecule has 0 aliphatic carbocycles. The molecule has 4 nitrogen and oxygen atoms in total. The first-order chi connectivity index (χ1) is 7.58. The fourth-order valence-corrected chi connectivity index (χ4v) is 1.40. The Balaban J connectivity index is 2.90. The minimum atomic E-state index is -0.920. The lowest BCUT2D eigenvalue weighted by molar-refractivity contribution is -0.137. The predicted molar refractivity (Wildman–Crippen MR) is 61.5 cm³/mol. The Morgan fingerprint density at radius 1 is 1.69 bits per heavy atom. The molecule has 0 radical (unpaired) electrons. The number of carboxylic acid groups (broad SMARTS) is 1. The topological polar surface area (TPSA) is 73.1 Å². The van der Waals surface area contributed by atoms with Crippen LogP contribution in [0.25, 0.3) is 0 Å². The van der Waals surface area contributed by atoms with Crippen molar-refractivity contribution in [2.24, 2.45) is 0 Å². The molecule has 0 fully saturated rings. The van der Waals surface area contributed by atoms with Crippen LogP contribution in [0.4, 0.5) is 5.69 Å². The molecule has 0 saturated carbocycles. The van der Waals surface area contributed by atoms with Crippen LogP contribution in [0.15, 0.2) is 18.2 Å². The highest BCUT2D eigenvalue weighted by Crippen LogP contribution is 2.20. The van der Waals surface area contributed by atoms with Gasteiger partial charge in [0.05, 0.1) is 10.6 Å². The quantitative estimate of drug-likeness (QED) is 0.845. The van der Waals surface area contributed by atoms with Crippen LogP contribution in [-0.2, 0) is 4.79 Å². The van der Waals surface area contributed by atoms with Crippen molar-refractivity contribution in [3.63, 3.8) is 0 Å². The van der Waals surface area contributed by atoms with Gasteiger partial charge in [-0.15, -0.1) is 0 Å². The molecule has 16 heavy (non-hydrogen) atoms. The average Bonchev–Trinajstić information content (AvgIpc) is 2.27. The molecule has 1 rings (SSSR count). The summed E-state index contributed by atoms with van der Waals surface area (Å²) < 4.78 is 0. The van der Waals surface area contributed by atoms with E-state index in [1.807, 2.05) is 6.07 Å². The van der Waals surface area contributed by atoms with Gasteiger partial charge in [0.25, 0.3) is 0 Å². The van der Waals surface area contributed by atoms with E-state index in [0.29, 0.717) is 22.7 Å². The van der Waals surface area contributed by atoms with Gasteiger partial charge in [0.1, 0.15) is 12.1 Å². The van der Waals surface area contributed by atoms with E-state index in [9.17, 15) is 4.79 Å². The van der Waals surface area contributed by atoms with Gasteiger partial charge >= 0.3 is 5.97 Å². The molecule has 0 bridgehead atoms. The fourth-order valence-electron chi connectivity index (χ4n) is 1.24. The summed E-state index contributed by atoms with van der Waals surface area (Å²) in [5.74, 6) is -0.920. The van der Waals surface area contributed by atoms with Crippen molar-refractivity contribution in [2.75, 3.05) is 5.32 Å². The number of nitrogens with zero attached hydrogens (tertiary/aromatic N) is 1. The average molecular weight is 239 g/mol. The molecule has 1 aromatic rings. The lowest BCUT2D eigenvalue weighted by Crippen LogP contribution is -2.28. The Hall–Kier alpha value is -1.73. The highest BCUT2D eigenvalue weighted by atomic mass is 35.5. The lowest BCUT2D eigenvalue weighted by Gasteiger charge is -2.13. The second-order valence-corrected chi connectivity index (χ2v) is 3.66. The maximum atomic E-state index is 10.8. The maximum absolute atomic E-state index is 10.8. The second-order valence-electron chi connectivity index (χ2n) is 3.25. The molecule has 1 atom stereocenters. The van der Waals surface area contributed by atoms with E-state index in [0.717, 1.165) is 0 Å². The standard InChI is InChI=1S/C11H11ClN2O2/c1-2-10(11(15)16)14-8-3-4-9(12)7(5-8)6-13/h3-5,10,14H,2H2,1H3,(H,15,16). The normalized spacial score (nSPS) is 11.6. The van der Waals surface area contributed by atoms with Crippen molar-refractivity contribution in [1.29, 1.82) is 5.26 Å². The number of carboxylic acids is 1. The molecule has 1 unspecified atom stereocenters. The summed E-state index contributed by atoms with van der Waals surface area (Å²) in [5, 5.41) is 20.8. The van der Waals surface area contributed by atoms with Crippen molar-refractivity contribution in [2.45, 2.75) is 19.4 Å². The van der Waals surface area contributed by atoms with Crippen molar-refractivity contribution in [1.82, 2.24) is 0 Å². The van der Waals surface area contributed by atoms with Gasteiger partial charge < -0.3 is 10.4 Å². The number of aliphatic carboxylic acids is 1. The largest absolute Gasteiger partial charge is 0.480 e. The van der Waals surface area contributed by atoms with Gasteiger partial charge in [-0.2, -0.15) is 5.26 Å². The van der Waals surface area contributed by atoms with E-state index >= 15 is 0 Å². The molecule has 1 aromatic carbocycles. The number of benzene rings is 1. The van der Waals surface area contributed by atoms with Gasteiger partial charge in [0.2, 0.25) is 0 Å². The third kappa shape index (κ3) is 2.88. The first-order valence-corrected chi connectivity index (χ1v) is 5.15. The number of nitrogens with one attached hydrogen (secondary N) is 1. The zero-order valence-electron chi connectivity index (χ0n) is 8.70. The number of hydrogen-bond donors (Lipinski definition) is 2. The molecular formula is C11H11ClN2O2. The highest BCUT2D eigenvalue weighted by Gasteiger charge is 2.14. The Bertz CT molecular complexity index is 440. The summed E-state index contributed by atoms with van der Waals surface area (Å²) in [4.78, 5) is 10.8. The molecule has 0 spiro atoms. The third-order valence-electron chi connectivity index (χ3n) is 2.13. The van der Waals surface area contributed by atoms with Crippen LogP contribution in [0.5, 0.6) is 0 Å². The Kier molecular flexibility index (Phi) is 4.15. The molecule has 0 aliphatic rings. The Morgan fingerprint density at radius 2 is 2.38 bits per heavy atom. The molecule has 0 aliphatic heterocycles. The number of halogens is 1. The van der Waals surface area contributed by atoms with Crippen LogP contribution in [0.1, 0.15) is 18.9 Å². The molecule has 0 heterocycles. The van der Waals surface area contributed by atoms with E-state index in [1.54, 1.807) is 19.1 Å². The smallest absolute Gasteiger partial charge is 0.326 e. The van der Waals surface area contributed by atoms with Gasteiger partial charge in [-0.1, -0.05) is 18.5 Å². The van der Waals surface area contributed by atoms with Crippen LogP contribution in [0.2, 0.25) is 5.02 Å². The summed E-state index contributed by atoms with van der Waals surface area (Å²) in [6.07, 6.45) is 0.458. The summed E-state index contributed by atoms with van der Waals surface area (Å²) in [6, 6.07) is 6.03. The van der Waals surface area contributed by atoms with Gasteiger partial charge in [0, 0.05) is 5.69 Å². The van der Waals surface area contributed by atoms with Crippen molar-refractivity contribution >= 4 is 23.3 Å². The summed E-state index contributed by atoms with van der Waals surface area (Å²) >= 11 is 5.76. The fraction of sp³-hybridized carbons (Fsp3) is 0.273. The van der Waals surface area contributed by atoms with Gasteiger partial charge in [-0.05, 0) is 24.6 Å². The van der Waals surface area contributed by atoms with Gasteiger partial charge in [-0.3, -0.25) is 0 Å². The van der Waals surface area contributed by atoms with E-state index < -0.39 is 12.0 Å². The van der Waals surface area contributed by atoms with E-state index in [-0.39, 0.29) is 0 Å². The number of nitriles is 1. The first kappa shape index (κ1) is 12.3. The van der Waals surface area contributed by atoms with Crippen LogP contribution < -0.4 is 5.32 Å². The summed E-state index contributed by atoms with van der Waals surface area (Å²) in [6.45, 7) is 1.77. The van der Waals surface area contributed by atoms with Crippen LogP contribution in [0, 0.1) is 11.3 Å². The molecule has 0 amide bonds. The molecule has 5 heteroatoms. The third-order valence-corrected chi connectivity index (χ3v) is 2.46. The zero-order chi connectivity index (χ0) is 12.1. The molecule has 2 N–H and O–H groups in total. The van der Waals surface area contributed by atoms with Crippen molar-refractivity contribution in [3.05, 3.63) is 28.8 Å². The number of rotatable bonds is 4. The summed E-state index contributed by atoms with van der Waals surface area (Å²) in [7, 11) is 0. The second kappa shape index (κ2) is 5.38. The van der Waals surface area contributed by atoms with E-state index in [1.165, 1.54) is 6.07 Å². The number of carbonyl (C=O) groups is 1. The predicted octanol–water partition coefficient (Wildman–Crippen LogP) is 2.49. The van der Waals surface area contributed by atoms with Gasteiger partial charge in [-0.25, -0.2) is 4.79 Å². The first-order valence-electron chi connectivity index (χ1n) is 4.77. The van der Waals surface area contributed by atoms with Crippen LogP contribution in [-0.4, -0.2) is 17.1 Å². The van der Waals surface area contributed by atoms with Crippen LogP contribution in [0.3, 0.4) is 0 Å². The minimum absolute atomic E-state index is 0.326. The highest BCUT2D eigenvalue weighted by molar-refractivity contribution is 6.31. The van der Waals surface area contributed by atoms with Gasteiger partial charge in [0.15, 0.2) is 0 Å².